The molecule has 0 aliphatic carbocycles. The Morgan fingerprint density at radius 1 is 1.33 bits per heavy atom. The van der Waals surface area contributed by atoms with Gasteiger partial charge in [-0.1, -0.05) is 12.2 Å². The fourth-order valence-electron chi connectivity index (χ4n) is 0.685. The van der Waals surface area contributed by atoms with Gasteiger partial charge in [-0.15, -0.1) is 0 Å². The second kappa shape index (κ2) is 6.27. The van der Waals surface area contributed by atoms with Gasteiger partial charge in [-0.05, 0) is 19.4 Å². The summed E-state index contributed by atoms with van der Waals surface area (Å²) < 4.78 is 0. The zero-order chi connectivity index (χ0) is 9.40. The maximum atomic E-state index is 5.56. The first kappa shape index (κ1) is 10.6. The minimum Gasteiger partial charge on any atom is -0.399 e. The van der Waals surface area contributed by atoms with E-state index in [2.05, 4.69) is 4.99 Å². The standard InChI is InChI=1S/C8H16N4/c1-2-4-7(9)5-3-6-12-8(10)11/h2,4-5H,3,6,9H2,1H3,(H4,10,11,12). The van der Waals surface area contributed by atoms with E-state index >= 15 is 0 Å². The number of aliphatic imine (C=N–C) groups is 1. The van der Waals surface area contributed by atoms with E-state index in [1.807, 2.05) is 25.2 Å². The van der Waals surface area contributed by atoms with Crippen LogP contribution in [0.25, 0.3) is 0 Å². The number of hydrogen-bond acceptors (Lipinski definition) is 2. The van der Waals surface area contributed by atoms with Crippen LogP contribution in [0.2, 0.25) is 0 Å². The smallest absolute Gasteiger partial charge is 0.185 e. The summed E-state index contributed by atoms with van der Waals surface area (Å²) in [6.45, 7) is 2.50. The third-order valence-corrected chi connectivity index (χ3v) is 1.16. The van der Waals surface area contributed by atoms with Crippen molar-refractivity contribution in [3.8, 4) is 0 Å². The molecule has 4 heteroatoms. The zero-order valence-corrected chi connectivity index (χ0v) is 7.33. The summed E-state index contributed by atoms with van der Waals surface area (Å²) in [5.74, 6) is 0.119. The van der Waals surface area contributed by atoms with E-state index < -0.39 is 0 Å². The molecule has 0 radical (unpaired) electrons. The van der Waals surface area contributed by atoms with Gasteiger partial charge in [-0.3, -0.25) is 4.99 Å². The summed E-state index contributed by atoms with van der Waals surface area (Å²) in [7, 11) is 0. The van der Waals surface area contributed by atoms with Crippen molar-refractivity contribution in [3.05, 3.63) is 23.9 Å². The lowest BCUT2D eigenvalue weighted by Crippen LogP contribution is -2.22. The Kier molecular flexibility index (Phi) is 5.51. The molecule has 0 rings (SSSR count). The highest BCUT2D eigenvalue weighted by Crippen LogP contribution is 1.91. The molecule has 0 aromatic heterocycles. The monoisotopic (exact) mass is 168 g/mol. The normalized spacial score (nSPS) is 11.9. The van der Waals surface area contributed by atoms with Gasteiger partial charge in [0.15, 0.2) is 5.96 Å². The quantitative estimate of drug-likeness (QED) is 0.240. The molecule has 0 aromatic rings. The van der Waals surface area contributed by atoms with E-state index in [9.17, 15) is 0 Å². The summed E-state index contributed by atoms with van der Waals surface area (Å²) in [4.78, 5) is 3.80. The molecule has 0 saturated heterocycles. The zero-order valence-electron chi connectivity index (χ0n) is 7.33. The lowest BCUT2D eigenvalue weighted by Gasteiger charge is -1.92. The molecule has 12 heavy (non-hydrogen) atoms. The molecular formula is C8H16N4. The van der Waals surface area contributed by atoms with Crippen molar-refractivity contribution >= 4 is 5.96 Å². The van der Waals surface area contributed by atoms with Crippen molar-refractivity contribution in [2.24, 2.45) is 22.2 Å². The summed E-state index contributed by atoms with van der Waals surface area (Å²) in [5.41, 5.74) is 16.6. The van der Waals surface area contributed by atoms with E-state index in [4.69, 9.17) is 17.2 Å². The fraction of sp³-hybridized carbons (Fsp3) is 0.375. The van der Waals surface area contributed by atoms with Gasteiger partial charge >= 0.3 is 0 Å². The Labute approximate surface area is 72.8 Å². The van der Waals surface area contributed by atoms with E-state index in [1.165, 1.54) is 0 Å². The van der Waals surface area contributed by atoms with Crippen LogP contribution in [0, 0.1) is 0 Å². The average molecular weight is 168 g/mol. The molecule has 0 aromatic carbocycles. The number of hydrogen-bond donors (Lipinski definition) is 3. The van der Waals surface area contributed by atoms with Crippen molar-refractivity contribution in [2.45, 2.75) is 13.3 Å². The summed E-state index contributed by atoms with van der Waals surface area (Å²) in [6.07, 6.45) is 6.35. The first-order chi connectivity index (χ1) is 5.66. The summed E-state index contributed by atoms with van der Waals surface area (Å²) in [6, 6.07) is 0. The predicted octanol–water partition coefficient (Wildman–Crippen LogP) is 0.0686. The van der Waals surface area contributed by atoms with E-state index in [1.54, 1.807) is 0 Å². The van der Waals surface area contributed by atoms with Gasteiger partial charge in [0.25, 0.3) is 0 Å². The first-order valence-corrected chi connectivity index (χ1v) is 3.80. The number of nitrogens with zero attached hydrogens (tertiary/aromatic N) is 1. The van der Waals surface area contributed by atoms with Crippen LogP contribution in [-0.4, -0.2) is 12.5 Å². The molecule has 0 saturated carbocycles. The highest BCUT2D eigenvalue weighted by Gasteiger charge is 1.83. The molecule has 0 unspecified atom stereocenters. The Hall–Kier alpha value is -1.45. The third-order valence-electron chi connectivity index (χ3n) is 1.16. The Balaban J connectivity index is 3.67. The Morgan fingerprint density at radius 2 is 2.00 bits per heavy atom. The molecule has 0 atom stereocenters. The molecule has 68 valence electrons. The second-order valence-corrected chi connectivity index (χ2v) is 2.30. The summed E-state index contributed by atoms with van der Waals surface area (Å²) in [5, 5.41) is 0. The van der Waals surface area contributed by atoms with Crippen molar-refractivity contribution in [3.63, 3.8) is 0 Å². The van der Waals surface area contributed by atoms with Crippen molar-refractivity contribution in [1.29, 1.82) is 0 Å². The molecule has 6 N–H and O–H groups in total. The molecular weight excluding hydrogens is 152 g/mol. The SMILES string of the molecule is CC=CC(N)=CCCN=C(N)N. The molecule has 4 nitrogen and oxygen atoms in total. The van der Waals surface area contributed by atoms with E-state index in [0.29, 0.717) is 6.54 Å². The molecule has 0 aliphatic rings. The molecule has 0 fully saturated rings. The van der Waals surface area contributed by atoms with Crippen molar-refractivity contribution in [2.75, 3.05) is 6.54 Å². The maximum absolute atomic E-state index is 5.56. The number of guanidine groups is 1. The molecule has 0 bridgehead atoms. The first-order valence-electron chi connectivity index (χ1n) is 3.80. The fourth-order valence-corrected chi connectivity index (χ4v) is 0.685. The number of rotatable bonds is 4. The van der Waals surface area contributed by atoms with Crippen LogP contribution >= 0.6 is 0 Å². The topological polar surface area (TPSA) is 90.4 Å². The lowest BCUT2D eigenvalue weighted by atomic mass is 10.3. The van der Waals surface area contributed by atoms with Crippen LogP contribution in [0.3, 0.4) is 0 Å². The average Bonchev–Trinajstić information content (AvgIpc) is 1.98. The second-order valence-electron chi connectivity index (χ2n) is 2.30. The van der Waals surface area contributed by atoms with Crippen LogP contribution in [0.4, 0.5) is 0 Å². The van der Waals surface area contributed by atoms with Gasteiger partial charge in [0.1, 0.15) is 0 Å². The number of nitrogens with two attached hydrogens (primary N) is 3. The Morgan fingerprint density at radius 3 is 2.50 bits per heavy atom. The van der Waals surface area contributed by atoms with Gasteiger partial charge < -0.3 is 17.2 Å². The molecule has 0 aliphatic heterocycles. The summed E-state index contributed by atoms with van der Waals surface area (Å²) >= 11 is 0. The van der Waals surface area contributed by atoms with Crippen LogP contribution in [0.5, 0.6) is 0 Å². The third kappa shape index (κ3) is 6.67. The minimum atomic E-state index is 0.119. The highest BCUT2D eigenvalue weighted by molar-refractivity contribution is 5.75. The molecule has 0 heterocycles. The molecule has 0 amide bonds. The van der Waals surface area contributed by atoms with Crippen molar-refractivity contribution < 1.29 is 0 Å². The molecule has 0 spiro atoms. The minimum absolute atomic E-state index is 0.119. The maximum Gasteiger partial charge on any atom is 0.185 e. The Bertz CT molecular complexity index is 199. The van der Waals surface area contributed by atoms with Gasteiger partial charge in [-0.2, -0.15) is 0 Å². The van der Waals surface area contributed by atoms with Gasteiger partial charge in [0.2, 0.25) is 0 Å². The largest absolute Gasteiger partial charge is 0.399 e. The predicted molar refractivity (Wildman–Crippen MR) is 52.4 cm³/mol. The van der Waals surface area contributed by atoms with Crippen LogP contribution in [0.1, 0.15) is 13.3 Å². The lowest BCUT2D eigenvalue weighted by molar-refractivity contribution is 0.989. The van der Waals surface area contributed by atoms with E-state index in [0.717, 1.165) is 12.1 Å². The van der Waals surface area contributed by atoms with Crippen LogP contribution < -0.4 is 17.2 Å². The van der Waals surface area contributed by atoms with Gasteiger partial charge in [0.05, 0.1) is 0 Å². The van der Waals surface area contributed by atoms with E-state index in [-0.39, 0.29) is 5.96 Å². The van der Waals surface area contributed by atoms with Crippen molar-refractivity contribution in [1.82, 2.24) is 0 Å². The van der Waals surface area contributed by atoms with Crippen LogP contribution in [-0.2, 0) is 0 Å². The van der Waals surface area contributed by atoms with Gasteiger partial charge in [0, 0.05) is 12.2 Å². The number of allylic oxidation sites excluding steroid dienone is 2. The highest BCUT2D eigenvalue weighted by atomic mass is 15.0. The van der Waals surface area contributed by atoms with Crippen LogP contribution in [0.15, 0.2) is 28.9 Å². The van der Waals surface area contributed by atoms with Gasteiger partial charge in [-0.25, -0.2) is 0 Å².